The third-order valence-electron chi connectivity index (χ3n) is 4.22. The lowest BCUT2D eigenvalue weighted by Crippen LogP contribution is -2.50. The first-order valence-electron chi connectivity index (χ1n) is 7.20. The van der Waals surface area contributed by atoms with E-state index in [9.17, 15) is 14.3 Å². The summed E-state index contributed by atoms with van der Waals surface area (Å²) in [5, 5.41) is 18.5. The number of nitriles is 1. The molecule has 0 aliphatic carbocycles. The smallest absolute Gasteiger partial charge is 0.324 e. The van der Waals surface area contributed by atoms with Crippen LogP contribution in [0.15, 0.2) is 18.2 Å². The molecule has 112 valence electrons. The van der Waals surface area contributed by atoms with Gasteiger partial charge in [0.15, 0.2) is 0 Å². The molecule has 4 nitrogen and oxygen atoms in total. The first kappa shape index (κ1) is 15.5. The van der Waals surface area contributed by atoms with Crippen LogP contribution in [-0.2, 0) is 11.3 Å². The van der Waals surface area contributed by atoms with Crippen molar-refractivity contribution in [1.29, 1.82) is 5.26 Å². The number of rotatable bonds is 5. The van der Waals surface area contributed by atoms with E-state index >= 15 is 0 Å². The van der Waals surface area contributed by atoms with Crippen LogP contribution in [0.3, 0.4) is 0 Å². The van der Waals surface area contributed by atoms with E-state index in [1.54, 1.807) is 0 Å². The Morgan fingerprint density at radius 1 is 1.57 bits per heavy atom. The second-order valence-corrected chi connectivity index (χ2v) is 5.53. The molecular formula is C16H19FN2O2. The molecule has 0 saturated carbocycles. The molecule has 0 amide bonds. The summed E-state index contributed by atoms with van der Waals surface area (Å²) in [4.78, 5) is 13.6. The molecule has 1 heterocycles. The minimum Gasteiger partial charge on any atom is -0.480 e. The van der Waals surface area contributed by atoms with Crippen LogP contribution in [0.25, 0.3) is 0 Å². The highest BCUT2D eigenvalue weighted by atomic mass is 19.1. The monoisotopic (exact) mass is 290 g/mol. The van der Waals surface area contributed by atoms with Crippen molar-refractivity contribution < 1.29 is 14.3 Å². The zero-order chi connectivity index (χ0) is 15.5. The maximum atomic E-state index is 13.9. The number of likely N-dealkylation sites (tertiary alicyclic amines) is 1. The summed E-state index contributed by atoms with van der Waals surface area (Å²) in [6.45, 7) is 2.83. The Kier molecular flexibility index (Phi) is 4.59. The van der Waals surface area contributed by atoms with Crippen molar-refractivity contribution >= 4 is 5.97 Å². The predicted octanol–water partition coefficient (Wildman–Crippen LogP) is 2.92. The van der Waals surface area contributed by atoms with Gasteiger partial charge in [0.1, 0.15) is 11.4 Å². The number of carboxylic acid groups (broad SMARTS) is 1. The Labute approximate surface area is 123 Å². The van der Waals surface area contributed by atoms with E-state index < -0.39 is 17.3 Å². The second kappa shape index (κ2) is 6.23. The molecule has 21 heavy (non-hydrogen) atoms. The van der Waals surface area contributed by atoms with Crippen molar-refractivity contribution in [3.63, 3.8) is 0 Å². The molecule has 1 aliphatic rings. The molecule has 1 aliphatic heterocycles. The van der Waals surface area contributed by atoms with Gasteiger partial charge in [-0.1, -0.05) is 13.3 Å². The van der Waals surface area contributed by atoms with Gasteiger partial charge in [0.2, 0.25) is 0 Å². The van der Waals surface area contributed by atoms with E-state index in [-0.39, 0.29) is 6.54 Å². The maximum Gasteiger partial charge on any atom is 0.324 e. The van der Waals surface area contributed by atoms with Crippen molar-refractivity contribution in [2.75, 3.05) is 6.54 Å². The van der Waals surface area contributed by atoms with Crippen LogP contribution in [0.2, 0.25) is 0 Å². The summed E-state index contributed by atoms with van der Waals surface area (Å²) in [7, 11) is 0. The van der Waals surface area contributed by atoms with Crippen molar-refractivity contribution in [2.45, 2.75) is 44.7 Å². The van der Waals surface area contributed by atoms with E-state index in [1.165, 1.54) is 18.2 Å². The van der Waals surface area contributed by atoms with Crippen molar-refractivity contribution in [1.82, 2.24) is 4.90 Å². The average molecular weight is 290 g/mol. The van der Waals surface area contributed by atoms with Gasteiger partial charge in [-0.2, -0.15) is 5.26 Å². The van der Waals surface area contributed by atoms with E-state index in [0.717, 1.165) is 12.8 Å². The van der Waals surface area contributed by atoms with Gasteiger partial charge in [0.25, 0.3) is 0 Å². The normalized spacial score (nSPS) is 22.1. The molecule has 0 radical (unpaired) electrons. The molecular weight excluding hydrogens is 271 g/mol. The zero-order valence-corrected chi connectivity index (χ0v) is 12.1. The molecule has 0 bridgehead atoms. The first-order valence-corrected chi connectivity index (χ1v) is 7.20. The Hall–Kier alpha value is -1.93. The van der Waals surface area contributed by atoms with Crippen LogP contribution in [0.5, 0.6) is 0 Å². The van der Waals surface area contributed by atoms with Crippen LogP contribution in [-0.4, -0.2) is 28.1 Å². The van der Waals surface area contributed by atoms with E-state index in [4.69, 9.17) is 5.26 Å². The van der Waals surface area contributed by atoms with Crippen molar-refractivity contribution in [3.8, 4) is 6.07 Å². The molecule has 1 atom stereocenters. The Morgan fingerprint density at radius 2 is 2.33 bits per heavy atom. The van der Waals surface area contributed by atoms with Crippen molar-refractivity contribution in [3.05, 3.63) is 35.1 Å². The Bertz CT molecular complexity index is 582. The fraction of sp³-hybridized carbons (Fsp3) is 0.500. The summed E-state index contributed by atoms with van der Waals surface area (Å²) in [5.41, 5.74) is -0.121. The fourth-order valence-electron chi connectivity index (χ4n) is 3.18. The van der Waals surface area contributed by atoms with Gasteiger partial charge in [-0.25, -0.2) is 4.39 Å². The number of carbonyl (C=O) groups is 1. The summed E-state index contributed by atoms with van der Waals surface area (Å²) < 4.78 is 13.9. The molecule has 1 aromatic rings. The van der Waals surface area contributed by atoms with E-state index in [1.807, 2.05) is 17.9 Å². The molecule has 2 rings (SSSR count). The quantitative estimate of drug-likeness (QED) is 0.905. The van der Waals surface area contributed by atoms with Gasteiger partial charge in [-0.05, 0) is 44.0 Å². The number of nitrogens with zero attached hydrogens (tertiary/aromatic N) is 2. The summed E-state index contributed by atoms with van der Waals surface area (Å²) in [6.07, 6.45) is 2.72. The number of benzene rings is 1. The number of hydrogen-bond acceptors (Lipinski definition) is 3. The summed E-state index contributed by atoms with van der Waals surface area (Å²) in [6, 6.07) is 6.19. The largest absolute Gasteiger partial charge is 0.480 e. The number of carboxylic acids is 1. The van der Waals surface area contributed by atoms with Gasteiger partial charge >= 0.3 is 5.97 Å². The van der Waals surface area contributed by atoms with Crippen LogP contribution < -0.4 is 0 Å². The maximum absolute atomic E-state index is 13.9. The van der Waals surface area contributed by atoms with Gasteiger partial charge in [-0.15, -0.1) is 0 Å². The Morgan fingerprint density at radius 3 is 2.95 bits per heavy atom. The number of aliphatic carboxylic acids is 1. The van der Waals surface area contributed by atoms with Gasteiger partial charge in [0, 0.05) is 12.1 Å². The fourth-order valence-corrected chi connectivity index (χ4v) is 3.18. The highest BCUT2D eigenvalue weighted by Gasteiger charge is 2.46. The molecule has 1 aromatic carbocycles. The summed E-state index contributed by atoms with van der Waals surface area (Å²) >= 11 is 0. The lowest BCUT2D eigenvalue weighted by Gasteiger charge is -2.34. The molecule has 1 unspecified atom stereocenters. The topological polar surface area (TPSA) is 64.3 Å². The second-order valence-electron chi connectivity index (χ2n) is 5.53. The van der Waals surface area contributed by atoms with Crippen molar-refractivity contribution in [2.24, 2.45) is 0 Å². The number of hydrogen-bond donors (Lipinski definition) is 1. The van der Waals surface area contributed by atoms with Gasteiger partial charge in [-0.3, -0.25) is 9.69 Å². The third-order valence-corrected chi connectivity index (χ3v) is 4.22. The summed E-state index contributed by atoms with van der Waals surface area (Å²) in [5.74, 6) is -1.23. The standard InChI is InChI=1S/C16H19FN2O2/c1-2-6-16(15(20)21)7-3-8-19(16)11-13-9-12(10-18)4-5-14(13)17/h4-5,9H,2-3,6-8,11H2,1H3,(H,20,21). The highest BCUT2D eigenvalue weighted by Crippen LogP contribution is 2.35. The van der Waals surface area contributed by atoms with Gasteiger partial charge < -0.3 is 5.11 Å². The van der Waals surface area contributed by atoms with E-state index in [2.05, 4.69) is 0 Å². The highest BCUT2D eigenvalue weighted by molar-refractivity contribution is 5.79. The Balaban J connectivity index is 2.29. The molecule has 5 heteroatoms. The molecule has 0 aromatic heterocycles. The molecule has 1 saturated heterocycles. The van der Waals surface area contributed by atoms with Crippen LogP contribution in [0.1, 0.15) is 43.7 Å². The third kappa shape index (κ3) is 2.91. The molecule has 1 fully saturated rings. The first-order chi connectivity index (χ1) is 10.0. The van der Waals surface area contributed by atoms with E-state index in [0.29, 0.717) is 30.5 Å². The lowest BCUT2D eigenvalue weighted by atomic mass is 9.90. The lowest BCUT2D eigenvalue weighted by molar-refractivity contribution is -0.150. The van der Waals surface area contributed by atoms with Crippen LogP contribution in [0.4, 0.5) is 4.39 Å². The SMILES string of the molecule is CCCC1(C(=O)O)CCCN1Cc1cc(C#N)ccc1F. The average Bonchev–Trinajstić information content (AvgIpc) is 2.86. The zero-order valence-electron chi connectivity index (χ0n) is 12.1. The van der Waals surface area contributed by atoms with Crippen LogP contribution in [0, 0.1) is 17.1 Å². The minimum absolute atomic E-state index is 0.230. The predicted molar refractivity (Wildman–Crippen MR) is 76.0 cm³/mol. The number of halogens is 1. The van der Waals surface area contributed by atoms with Crippen LogP contribution >= 0.6 is 0 Å². The molecule has 1 N–H and O–H groups in total. The van der Waals surface area contributed by atoms with Gasteiger partial charge in [0.05, 0.1) is 11.6 Å². The minimum atomic E-state index is -0.899. The molecule has 0 spiro atoms.